The third kappa shape index (κ3) is 4.09. The number of methoxy groups -OCH3 is 2. The van der Waals surface area contributed by atoms with Gasteiger partial charge in [-0.25, -0.2) is 0 Å². The van der Waals surface area contributed by atoms with Gasteiger partial charge in [-0.3, -0.25) is 4.79 Å². The lowest BCUT2D eigenvalue weighted by atomic mass is 10.1. The number of nitrogens with one attached hydrogen (secondary N) is 1. The Labute approximate surface area is 124 Å². The van der Waals surface area contributed by atoms with Gasteiger partial charge < -0.3 is 20.5 Å². The molecule has 0 fully saturated rings. The number of ether oxygens (including phenoxy) is 2. The summed E-state index contributed by atoms with van der Waals surface area (Å²) < 4.78 is 10.4. The maximum Gasteiger partial charge on any atom is 0.230 e. The molecule has 1 unspecified atom stereocenters. The number of amides is 1. The molecule has 0 spiro atoms. The first kappa shape index (κ1) is 16.2. The van der Waals surface area contributed by atoms with Gasteiger partial charge in [0.15, 0.2) is 0 Å². The molecule has 0 saturated heterocycles. The molecule has 110 valence electrons. The van der Waals surface area contributed by atoms with E-state index in [9.17, 15) is 4.79 Å². The Bertz CT molecular complexity index is 491. The summed E-state index contributed by atoms with van der Waals surface area (Å²) in [7, 11) is 3.16. The Morgan fingerprint density at radius 1 is 1.40 bits per heavy atom. The first-order valence-electron chi connectivity index (χ1n) is 6.31. The van der Waals surface area contributed by atoms with E-state index >= 15 is 0 Å². The minimum Gasteiger partial charge on any atom is -0.497 e. The molecule has 0 aliphatic heterocycles. The average molecular weight is 296 g/mol. The zero-order valence-corrected chi connectivity index (χ0v) is 12.8. The quantitative estimate of drug-likeness (QED) is 0.748. The third-order valence-corrected chi connectivity index (χ3v) is 3.30. The molecule has 0 heterocycles. The lowest BCUT2D eigenvalue weighted by Gasteiger charge is -2.15. The van der Waals surface area contributed by atoms with Crippen LogP contribution in [0.3, 0.4) is 0 Å². The van der Waals surface area contributed by atoms with Crippen molar-refractivity contribution in [1.82, 2.24) is 5.32 Å². The van der Waals surface area contributed by atoms with Crippen molar-refractivity contribution >= 4 is 23.1 Å². The largest absolute Gasteiger partial charge is 0.497 e. The molecule has 1 aromatic carbocycles. The molecule has 20 heavy (non-hydrogen) atoms. The minimum absolute atomic E-state index is 0.169. The molecule has 0 bridgehead atoms. The molecular formula is C14H20N2O3S. The van der Waals surface area contributed by atoms with Crippen LogP contribution in [0.1, 0.15) is 18.9 Å². The van der Waals surface area contributed by atoms with E-state index in [0.717, 1.165) is 5.56 Å². The zero-order chi connectivity index (χ0) is 15.1. The molecular weight excluding hydrogens is 276 g/mol. The van der Waals surface area contributed by atoms with Crippen LogP contribution in [-0.2, 0) is 11.3 Å². The summed E-state index contributed by atoms with van der Waals surface area (Å²) in [4.78, 5) is 12.2. The predicted molar refractivity (Wildman–Crippen MR) is 82.0 cm³/mol. The SMILES string of the molecule is CCC(C(=O)NCc1ccc(OC)cc1OC)C(N)=S. The van der Waals surface area contributed by atoms with E-state index in [1.165, 1.54) is 0 Å². The molecule has 1 atom stereocenters. The number of nitrogens with two attached hydrogens (primary N) is 1. The number of thiocarbonyl (C=S) groups is 1. The van der Waals surface area contributed by atoms with Crippen molar-refractivity contribution in [3.05, 3.63) is 23.8 Å². The lowest BCUT2D eigenvalue weighted by molar-refractivity contribution is -0.123. The summed E-state index contributed by atoms with van der Waals surface area (Å²) in [5.41, 5.74) is 6.40. The molecule has 3 N–H and O–H groups in total. The van der Waals surface area contributed by atoms with Crippen molar-refractivity contribution in [3.63, 3.8) is 0 Å². The number of carbonyl (C=O) groups excluding carboxylic acids is 1. The molecule has 6 heteroatoms. The molecule has 0 aliphatic rings. The van der Waals surface area contributed by atoms with Crippen molar-refractivity contribution in [2.75, 3.05) is 14.2 Å². The van der Waals surface area contributed by atoms with E-state index in [-0.39, 0.29) is 10.9 Å². The Morgan fingerprint density at radius 2 is 2.10 bits per heavy atom. The Balaban J connectivity index is 2.74. The molecule has 1 amide bonds. The van der Waals surface area contributed by atoms with Gasteiger partial charge in [0.1, 0.15) is 11.5 Å². The lowest BCUT2D eigenvalue weighted by Crippen LogP contribution is -2.37. The van der Waals surface area contributed by atoms with E-state index in [4.69, 9.17) is 27.4 Å². The van der Waals surface area contributed by atoms with Gasteiger partial charge in [0.25, 0.3) is 0 Å². The van der Waals surface area contributed by atoms with Crippen LogP contribution in [0.2, 0.25) is 0 Å². The number of rotatable bonds is 7. The summed E-state index contributed by atoms with van der Waals surface area (Å²) >= 11 is 4.88. The van der Waals surface area contributed by atoms with Gasteiger partial charge in [0.2, 0.25) is 5.91 Å². The fourth-order valence-corrected chi connectivity index (χ4v) is 2.09. The summed E-state index contributed by atoms with van der Waals surface area (Å²) in [6.45, 7) is 2.22. The van der Waals surface area contributed by atoms with Crippen molar-refractivity contribution in [2.45, 2.75) is 19.9 Å². The van der Waals surface area contributed by atoms with Crippen molar-refractivity contribution in [2.24, 2.45) is 11.7 Å². The van der Waals surface area contributed by atoms with Crippen LogP contribution in [0.15, 0.2) is 18.2 Å². The zero-order valence-electron chi connectivity index (χ0n) is 11.9. The topological polar surface area (TPSA) is 73.6 Å². The third-order valence-electron chi connectivity index (χ3n) is 3.02. The number of hydrogen-bond donors (Lipinski definition) is 2. The van der Waals surface area contributed by atoms with Gasteiger partial charge >= 0.3 is 0 Å². The van der Waals surface area contributed by atoms with Crippen LogP contribution in [0.25, 0.3) is 0 Å². The Hall–Kier alpha value is -1.82. The second-order valence-corrected chi connectivity index (χ2v) is 4.73. The average Bonchev–Trinajstić information content (AvgIpc) is 2.45. The first-order chi connectivity index (χ1) is 9.53. The van der Waals surface area contributed by atoms with E-state index in [1.807, 2.05) is 19.1 Å². The number of benzene rings is 1. The van der Waals surface area contributed by atoms with Crippen molar-refractivity contribution < 1.29 is 14.3 Å². The van der Waals surface area contributed by atoms with Gasteiger partial charge in [0, 0.05) is 18.2 Å². The molecule has 0 radical (unpaired) electrons. The highest BCUT2D eigenvalue weighted by molar-refractivity contribution is 7.80. The summed E-state index contributed by atoms with van der Waals surface area (Å²) in [5, 5.41) is 2.82. The molecule has 0 saturated carbocycles. The highest BCUT2D eigenvalue weighted by atomic mass is 32.1. The minimum atomic E-state index is -0.436. The fraction of sp³-hybridized carbons (Fsp3) is 0.429. The van der Waals surface area contributed by atoms with Crippen LogP contribution in [-0.4, -0.2) is 25.1 Å². The van der Waals surface area contributed by atoms with Gasteiger partial charge in [0.05, 0.1) is 25.1 Å². The van der Waals surface area contributed by atoms with E-state index in [1.54, 1.807) is 20.3 Å². The smallest absolute Gasteiger partial charge is 0.230 e. The molecule has 5 nitrogen and oxygen atoms in total. The van der Waals surface area contributed by atoms with Crippen LogP contribution in [0, 0.1) is 5.92 Å². The predicted octanol–water partition coefficient (Wildman–Crippen LogP) is 1.63. The van der Waals surface area contributed by atoms with Gasteiger partial charge in [-0.1, -0.05) is 19.1 Å². The van der Waals surface area contributed by atoms with Gasteiger partial charge in [-0.05, 0) is 18.6 Å². The normalized spacial score (nSPS) is 11.6. The maximum absolute atomic E-state index is 12.0. The summed E-state index contributed by atoms with van der Waals surface area (Å²) in [6, 6.07) is 5.43. The van der Waals surface area contributed by atoms with Crippen LogP contribution in [0.4, 0.5) is 0 Å². The fourth-order valence-electron chi connectivity index (χ4n) is 1.82. The first-order valence-corrected chi connectivity index (χ1v) is 6.72. The standard InChI is InChI=1S/C14H20N2O3S/c1-4-11(13(15)20)14(17)16-8-9-5-6-10(18-2)7-12(9)19-3/h5-7,11H,4,8H2,1-3H3,(H2,15,20)(H,16,17). The second-order valence-electron chi connectivity index (χ2n) is 4.26. The second kappa shape index (κ2) is 7.69. The van der Waals surface area contributed by atoms with Crippen LogP contribution in [0.5, 0.6) is 11.5 Å². The van der Waals surface area contributed by atoms with Gasteiger partial charge in [-0.15, -0.1) is 0 Å². The highest BCUT2D eigenvalue weighted by Gasteiger charge is 2.19. The van der Waals surface area contributed by atoms with Crippen LogP contribution < -0.4 is 20.5 Å². The molecule has 0 aromatic heterocycles. The van der Waals surface area contributed by atoms with E-state index in [2.05, 4.69) is 5.32 Å². The Kier molecular flexibility index (Phi) is 6.24. The molecule has 1 rings (SSSR count). The summed E-state index contributed by atoms with van der Waals surface area (Å²) in [6.07, 6.45) is 0.584. The number of hydrogen-bond acceptors (Lipinski definition) is 4. The maximum atomic E-state index is 12.0. The van der Waals surface area contributed by atoms with Crippen molar-refractivity contribution in [3.8, 4) is 11.5 Å². The van der Waals surface area contributed by atoms with E-state index in [0.29, 0.717) is 24.5 Å². The van der Waals surface area contributed by atoms with Gasteiger partial charge in [-0.2, -0.15) is 0 Å². The summed E-state index contributed by atoms with van der Waals surface area (Å²) in [5.74, 6) is 0.756. The van der Waals surface area contributed by atoms with Crippen molar-refractivity contribution in [1.29, 1.82) is 0 Å². The van der Waals surface area contributed by atoms with E-state index < -0.39 is 5.92 Å². The van der Waals surface area contributed by atoms with Crippen LogP contribution >= 0.6 is 12.2 Å². The Morgan fingerprint density at radius 3 is 2.60 bits per heavy atom. The number of carbonyl (C=O) groups is 1. The molecule has 1 aromatic rings. The highest BCUT2D eigenvalue weighted by Crippen LogP contribution is 2.24. The monoisotopic (exact) mass is 296 g/mol. The molecule has 0 aliphatic carbocycles.